The lowest BCUT2D eigenvalue weighted by atomic mass is 10.2. The molecular formula is C13H9Br2Cl2N3O2. The minimum Gasteiger partial charge on any atom is -0.323 e. The maximum absolute atomic E-state index is 12.1. The van der Waals surface area contributed by atoms with Gasteiger partial charge in [0.25, 0.3) is 5.56 Å². The number of halogens is 4. The molecule has 1 amide bonds. The highest BCUT2D eigenvalue weighted by atomic mass is 79.9. The van der Waals surface area contributed by atoms with Crippen LogP contribution in [0.3, 0.4) is 0 Å². The van der Waals surface area contributed by atoms with Gasteiger partial charge in [-0.3, -0.25) is 9.59 Å². The molecule has 1 aromatic heterocycles. The van der Waals surface area contributed by atoms with Crippen LogP contribution in [0.5, 0.6) is 0 Å². The number of carbonyl (C=O) groups excluding carboxylic acids is 1. The number of rotatable bonds is 3. The highest BCUT2D eigenvalue weighted by Gasteiger charge is 2.13. The zero-order valence-corrected chi connectivity index (χ0v) is 15.8. The van der Waals surface area contributed by atoms with Crippen molar-refractivity contribution in [3.63, 3.8) is 0 Å². The molecule has 5 nitrogen and oxygen atoms in total. The van der Waals surface area contributed by atoms with Gasteiger partial charge < -0.3 is 5.32 Å². The van der Waals surface area contributed by atoms with Crippen LogP contribution in [0.25, 0.3) is 0 Å². The molecule has 1 N–H and O–H groups in total. The highest BCUT2D eigenvalue weighted by molar-refractivity contribution is 9.11. The third kappa shape index (κ3) is 3.90. The molecule has 0 spiro atoms. The van der Waals surface area contributed by atoms with Gasteiger partial charge in [-0.2, -0.15) is 5.10 Å². The number of benzene rings is 1. The van der Waals surface area contributed by atoms with Crippen molar-refractivity contribution in [3.05, 3.63) is 53.2 Å². The van der Waals surface area contributed by atoms with E-state index in [1.165, 1.54) is 6.20 Å². The lowest BCUT2D eigenvalue weighted by Crippen LogP contribution is -2.30. The van der Waals surface area contributed by atoms with Crippen LogP contribution in [-0.2, 0) is 11.3 Å². The van der Waals surface area contributed by atoms with Gasteiger partial charge in [0.1, 0.15) is 11.6 Å². The predicted octanol–water partition coefficient (Wildman–Crippen LogP) is 4.02. The first-order chi connectivity index (χ1) is 10.3. The summed E-state index contributed by atoms with van der Waals surface area (Å²) in [6.07, 6.45) is 1.22. The van der Waals surface area contributed by atoms with Crippen molar-refractivity contribution < 1.29 is 4.79 Å². The van der Waals surface area contributed by atoms with Crippen molar-refractivity contribution in [1.82, 2.24) is 9.78 Å². The van der Waals surface area contributed by atoms with Gasteiger partial charge in [-0.25, -0.2) is 4.68 Å². The van der Waals surface area contributed by atoms with Gasteiger partial charge in [0.05, 0.1) is 16.9 Å². The van der Waals surface area contributed by atoms with Crippen molar-refractivity contribution in [2.45, 2.75) is 13.5 Å². The number of hydrogen-bond acceptors (Lipinski definition) is 3. The van der Waals surface area contributed by atoms with Crippen LogP contribution in [0.1, 0.15) is 5.56 Å². The normalized spacial score (nSPS) is 10.6. The van der Waals surface area contributed by atoms with E-state index in [9.17, 15) is 9.59 Å². The first kappa shape index (κ1) is 17.5. The fourth-order valence-corrected chi connectivity index (χ4v) is 3.58. The topological polar surface area (TPSA) is 64.0 Å². The van der Waals surface area contributed by atoms with Gasteiger partial charge in [-0.05, 0) is 56.5 Å². The smallest absolute Gasteiger partial charge is 0.287 e. The summed E-state index contributed by atoms with van der Waals surface area (Å²) >= 11 is 18.2. The largest absolute Gasteiger partial charge is 0.323 e. The van der Waals surface area contributed by atoms with Crippen LogP contribution < -0.4 is 10.9 Å². The molecule has 0 aliphatic heterocycles. The minimum atomic E-state index is -0.619. The maximum Gasteiger partial charge on any atom is 0.287 e. The van der Waals surface area contributed by atoms with Gasteiger partial charge in [0.15, 0.2) is 0 Å². The number of nitrogens with zero attached hydrogens (tertiary/aromatic N) is 2. The standard InChI is InChI=1S/C13H9Br2Cl2N3O2/c1-6-2-7(14)12(8(15)3-6)19-10(21)5-20-13(22)11(17)9(16)4-18-20/h2-4H,5H2,1H3,(H,19,21). The summed E-state index contributed by atoms with van der Waals surface area (Å²) in [6.45, 7) is 1.66. The summed E-state index contributed by atoms with van der Waals surface area (Å²) in [7, 11) is 0. The van der Waals surface area contributed by atoms with Crippen LogP contribution >= 0.6 is 55.1 Å². The van der Waals surface area contributed by atoms with E-state index in [2.05, 4.69) is 42.3 Å². The first-order valence-corrected chi connectivity index (χ1v) is 8.30. The second-order valence-electron chi connectivity index (χ2n) is 4.42. The molecule has 1 aromatic carbocycles. The Balaban J connectivity index is 2.22. The fourth-order valence-electron chi connectivity index (χ4n) is 1.69. The minimum absolute atomic E-state index is 0.0485. The van der Waals surface area contributed by atoms with Crippen molar-refractivity contribution >= 4 is 66.7 Å². The van der Waals surface area contributed by atoms with Crippen molar-refractivity contribution in [1.29, 1.82) is 0 Å². The summed E-state index contributed by atoms with van der Waals surface area (Å²) < 4.78 is 2.39. The van der Waals surface area contributed by atoms with Gasteiger partial charge in [0.2, 0.25) is 5.91 Å². The second kappa shape index (κ2) is 7.12. The molecular weight excluding hydrogens is 461 g/mol. The molecule has 0 bridgehead atoms. The predicted molar refractivity (Wildman–Crippen MR) is 93.7 cm³/mol. The van der Waals surface area contributed by atoms with E-state index in [4.69, 9.17) is 23.2 Å². The molecule has 116 valence electrons. The summed E-state index contributed by atoms with van der Waals surface area (Å²) in [6, 6.07) is 3.73. The summed E-state index contributed by atoms with van der Waals surface area (Å²) in [5, 5.41) is 6.37. The number of nitrogens with one attached hydrogen (secondary N) is 1. The van der Waals surface area contributed by atoms with Gasteiger partial charge >= 0.3 is 0 Å². The van der Waals surface area contributed by atoms with E-state index < -0.39 is 11.5 Å². The van der Waals surface area contributed by atoms with E-state index in [1.807, 2.05) is 19.1 Å². The molecule has 0 saturated carbocycles. The average molecular weight is 470 g/mol. The lowest BCUT2D eigenvalue weighted by molar-refractivity contribution is -0.117. The lowest BCUT2D eigenvalue weighted by Gasteiger charge is -2.11. The number of aryl methyl sites for hydroxylation is 1. The molecule has 22 heavy (non-hydrogen) atoms. The molecule has 0 saturated heterocycles. The zero-order chi connectivity index (χ0) is 16.4. The van der Waals surface area contributed by atoms with E-state index in [0.717, 1.165) is 19.2 Å². The Morgan fingerprint density at radius 3 is 2.50 bits per heavy atom. The Bertz CT molecular complexity index is 785. The number of aromatic nitrogens is 2. The van der Waals surface area contributed by atoms with Crippen LogP contribution in [0.2, 0.25) is 10.0 Å². The fraction of sp³-hybridized carbons (Fsp3) is 0.154. The summed E-state index contributed by atoms with van der Waals surface area (Å²) in [5.74, 6) is -0.418. The Hall–Kier alpha value is -0.890. The maximum atomic E-state index is 12.1. The summed E-state index contributed by atoms with van der Waals surface area (Å²) in [5.41, 5.74) is 0.981. The third-order valence-corrected chi connectivity index (χ3v) is 4.69. The molecule has 2 rings (SSSR count). The number of anilines is 1. The quantitative estimate of drug-likeness (QED) is 0.738. The Morgan fingerprint density at radius 2 is 1.91 bits per heavy atom. The second-order valence-corrected chi connectivity index (χ2v) is 6.91. The van der Waals surface area contributed by atoms with Crippen LogP contribution in [0, 0.1) is 6.92 Å². The Labute approximate surface area is 152 Å². The van der Waals surface area contributed by atoms with E-state index in [-0.39, 0.29) is 16.6 Å². The van der Waals surface area contributed by atoms with E-state index in [1.54, 1.807) is 0 Å². The van der Waals surface area contributed by atoms with Crippen molar-refractivity contribution in [3.8, 4) is 0 Å². The third-order valence-electron chi connectivity index (χ3n) is 2.69. The average Bonchev–Trinajstić information content (AvgIpc) is 2.43. The molecule has 0 unspecified atom stereocenters. The van der Waals surface area contributed by atoms with Gasteiger partial charge in [-0.1, -0.05) is 23.2 Å². The Kier molecular flexibility index (Phi) is 5.65. The number of hydrogen-bond donors (Lipinski definition) is 1. The molecule has 0 fully saturated rings. The molecule has 0 atom stereocenters. The Morgan fingerprint density at radius 1 is 1.32 bits per heavy atom. The SMILES string of the molecule is Cc1cc(Br)c(NC(=O)Cn2ncc(Cl)c(Cl)c2=O)c(Br)c1. The first-order valence-electron chi connectivity index (χ1n) is 5.96. The molecule has 2 aromatic rings. The molecule has 9 heteroatoms. The van der Waals surface area contributed by atoms with Crippen LogP contribution in [-0.4, -0.2) is 15.7 Å². The number of amides is 1. The van der Waals surface area contributed by atoms with E-state index in [0.29, 0.717) is 5.69 Å². The van der Waals surface area contributed by atoms with Crippen molar-refractivity contribution in [2.75, 3.05) is 5.32 Å². The summed E-state index contributed by atoms with van der Waals surface area (Å²) in [4.78, 5) is 23.9. The monoisotopic (exact) mass is 467 g/mol. The molecule has 1 heterocycles. The van der Waals surface area contributed by atoms with E-state index >= 15 is 0 Å². The molecule has 0 aliphatic rings. The molecule has 0 radical (unpaired) electrons. The van der Waals surface area contributed by atoms with Crippen LogP contribution in [0.4, 0.5) is 5.69 Å². The van der Waals surface area contributed by atoms with Gasteiger partial charge in [0, 0.05) is 8.95 Å². The zero-order valence-electron chi connectivity index (χ0n) is 11.2. The van der Waals surface area contributed by atoms with Crippen molar-refractivity contribution in [2.24, 2.45) is 0 Å². The highest BCUT2D eigenvalue weighted by Crippen LogP contribution is 2.32. The molecule has 0 aliphatic carbocycles. The van der Waals surface area contributed by atoms with Gasteiger partial charge in [-0.15, -0.1) is 0 Å². The van der Waals surface area contributed by atoms with Crippen LogP contribution in [0.15, 0.2) is 32.1 Å². The number of carbonyl (C=O) groups is 1.